The maximum absolute atomic E-state index is 12.8. The maximum atomic E-state index is 12.8. The number of aromatic hydroxyl groups is 1. The number of hydrogen-bond donors (Lipinski definition) is 1. The van der Waals surface area contributed by atoms with Gasteiger partial charge in [-0.25, -0.2) is 22.8 Å². The lowest BCUT2D eigenvalue weighted by Gasteiger charge is -2.28. The number of pyridine rings is 1. The summed E-state index contributed by atoms with van der Waals surface area (Å²) in [6.45, 7) is 2.66. The second-order valence-electron chi connectivity index (χ2n) is 7.30. The lowest BCUT2D eigenvalue weighted by Crippen LogP contribution is -2.36. The molecule has 0 atom stereocenters. The van der Waals surface area contributed by atoms with E-state index in [9.17, 15) is 31.5 Å². The van der Waals surface area contributed by atoms with Crippen LogP contribution in [0.3, 0.4) is 0 Å². The number of benzene rings is 1. The van der Waals surface area contributed by atoms with Crippen LogP contribution in [-0.4, -0.2) is 59.5 Å². The summed E-state index contributed by atoms with van der Waals surface area (Å²) in [5.41, 5.74) is -5.33. The van der Waals surface area contributed by atoms with Gasteiger partial charge in [0.1, 0.15) is 5.82 Å². The second-order valence-corrected chi connectivity index (χ2v) is 9.24. The minimum absolute atomic E-state index is 0.0149. The topological polar surface area (TPSA) is 107 Å². The van der Waals surface area contributed by atoms with Gasteiger partial charge in [0.15, 0.2) is 0 Å². The molecule has 1 fully saturated rings. The number of ether oxygens (including phenoxy) is 1. The van der Waals surface area contributed by atoms with Crippen LogP contribution in [0.4, 0.5) is 19.0 Å². The molecular formula is C20H19F3N4O5S. The average Bonchev–Trinajstić information content (AvgIpc) is 3.06. The lowest BCUT2D eigenvalue weighted by atomic mass is 10.2. The van der Waals surface area contributed by atoms with Gasteiger partial charge in [-0.05, 0) is 42.0 Å². The highest BCUT2D eigenvalue weighted by Crippen LogP contribution is 2.30. The summed E-state index contributed by atoms with van der Waals surface area (Å²) in [5.74, 6) is 0.280. The van der Waals surface area contributed by atoms with Crippen molar-refractivity contribution in [1.29, 1.82) is 0 Å². The molecule has 1 saturated heterocycles. The van der Waals surface area contributed by atoms with Crippen LogP contribution in [0.15, 0.2) is 58.5 Å². The number of anilines is 1. The van der Waals surface area contributed by atoms with Crippen LogP contribution in [0.25, 0.3) is 5.69 Å². The highest BCUT2D eigenvalue weighted by molar-refractivity contribution is 7.92. The van der Waals surface area contributed by atoms with Gasteiger partial charge in [0, 0.05) is 19.3 Å². The van der Waals surface area contributed by atoms with E-state index in [1.807, 2.05) is 6.07 Å². The smallest absolute Gasteiger partial charge is 0.493 e. The van der Waals surface area contributed by atoms with Crippen molar-refractivity contribution < 1.29 is 31.4 Å². The molecule has 176 valence electrons. The fraction of sp³-hybridized carbons (Fsp3) is 0.300. The third kappa shape index (κ3) is 4.46. The minimum atomic E-state index is -5.52. The summed E-state index contributed by atoms with van der Waals surface area (Å²) >= 11 is 0. The zero-order valence-corrected chi connectivity index (χ0v) is 17.9. The zero-order chi connectivity index (χ0) is 23.8. The first-order chi connectivity index (χ1) is 15.6. The van der Waals surface area contributed by atoms with Gasteiger partial charge >= 0.3 is 11.2 Å². The Hall–Kier alpha value is -3.32. The molecule has 9 nitrogen and oxygen atoms in total. The van der Waals surface area contributed by atoms with Crippen molar-refractivity contribution in [2.24, 2.45) is 0 Å². The van der Waals surface area contributed by atoms with Crippen molar-refractivity contribution in [2.45, 2.75) is 16.9 Å². The summed E-state index contributed by atoms with van der Waals surface area (Å²) in [6.07, 6.45) is 2.80. The van der Waals surface area contributed by atoms with Crippen molar-refractivity contribution >= 4 is 15.7 Å². The molecule has 1 aliphatic heterocycles. The quantitative estimate of drug-likeness (QED) is 0.590. The van der Waals surface area contributed by atoms with Crippen molar-refractivity contribution in [1.82, 2.24) is 14.1 Å². The van der Waals surface area contributed by atoms with Gasteiger partial charge in [-0.1, -0.05) is 0 Å². The van der Waals surface area contributed by atoms with E-state index < -0.39 is 31.8 Å². The third-order valence-electron chi connectivity index (χ3n) is 5.15. The maximum Gasteiger partial charge on any atom is 0.501 e. The van der Waals surface area contributed by atoms with Crippen LogP contribution in [0.2, 0.25) is 0 Å². The van der Waals surface area contributed by atoms with E-state index in [0.717, 1.165) is 40.2 Å². The van der Waals surface area contributed by atoms with E-state index in [4.69, 9.17) is 4.74 Å². The van der Waals surface area contributed by atoms with Crippen molar-refractivity contribution in [2.75, 3.05) is 31.2 Å². The van der Waals surface area contributed by atoms with Gasteiger partial charge in [0.05, 0.1) is 36.5 Å². The highest BCUT2D eigenvalue weighted by Gasteiger charge is 2.46. The highest BCUT2D eigenvalue weighted by atomic mass is 32.2. The Balaban J connectivity index is 1.60. The molecule has 0 amide bonds. The van der Waals surface area contributed by atoms with E-state index in [0.29, 0.717) is 26.3 Å². The number of halogens is 3. The Morgan fingerprint density at radius 2 is 1.76 bits per heavy atom. The molecule has 0 bridgehead atoms. The Labute approximate surface area is 186 Å². The first kappa shape index (κ1) is 22.9. The van der Waals surface area contributed by atoms with Crippen LogP contribution in [0, 0.1) is 0 Å². The predicted molar refractivity (Wildman–Crippen MR) is 111 cm³/mol. The number of sulfone groups is 1. The fourth-order valence-electron chi connectivity index (χ4n) is 3.46. The van der Waals surface area contributed by atoms with Gasteiger partial charge < -0.3 is 14.7 Å². The molecule has 4 rings (SSSR count). The molecular weight excluding hydrogens is 465 g/mol. The van der Waals surface area contributed by atoms with E-state index in [-0.39, 0.29) is 12.2 Å². The number of hydrogen-bond acceptors (Lipinski definition) is 7. The summed E-state index contributed by atoms with van der Waals surface area (Å²) in [7, 11) is -5.52. The van der Waals surface area contributed by atoms with Gasteiger partial charge in [0.2, 0.25) is 5.88 Å². The van der Waals surface area contributed by atoms with Crippen molar-refractivity contribution in [3.8, 4) is 11.6 Å². The number of alkyl halides is 3. The lowest BCUT2D eigenvalue weighted by molar-refractivity contribution is -0.0436. The Morgan fingerprint density at radius 1 is 1.09 bits per heavy atom. The molecule has 0 radical (unpaired) electrons. The molecule has 13 heteroatoms. The average molecular weight is 484 g/mol. The Morgan fingerprint density at radius 3 is 2.39 bits per heavy atom. The second kappa shape index (κ2) is 8.56. The van der Waals surface area contributed by atoms with Crippen LogP contribution < -0.4 is 10.6 Å². The molecule has 1 aliphatic rings. The van der Waals surface area contributed by atoms with Gasteiger partial charge in [-0.15, -0.1) is 0 Å². The molecule has 2 aromatic heterocycles. The van der Waals surface area contributed by atoms with Crippen LogP contribution in [-0.2, 0) is 21.1 Å². The number of morpholine rings is 1. The molecule has 0 spiro atoms. The summed E-state index contributed by atoms with van der Waals surface area (Å²) in [6, 6.07) is 7.06. The first-order valence-electron chi connectivity index (χ1n) is 9.78. The number of imidazole rings is 1. The SMILES string of the molecule is O=c1n(Cc2ccnc(N3CCOCC3)c2)cc(O)n1-c1ccc(S(=O)(=O)C(F)(F)F)cc1. The Kier molecular flexibility index (Phi) is 5.93. The summed E-state index contributed by atoms with van der Waals surface area (Å²) < 4.78 is 68.7. The van der Waals surface area contributed by atoms with Gasteiger partial charge in [-0.3, -0.25) is 4.57 Å². The standard InChI is InChI=1S/C20H19F3N4O5S/c21-20(22,23)33(30,31)16-3-1-15(2-4-16)27-18(28)13-26(19(27)29)12-14-5-6-24-17(11-14)25-7-9-32-10-8-25/h1-6,11,13,28H,7-10,12H2. The van der Waals surface area contributed by atoms with E-state index in [1.54, 1.807) is 12.3 Å². The minimum Gasteiger partial charge on any atom is -0.493 e. The predicted octanol–water partition coefficient (Wildman–Crippen LogP) is 1.92. The molecule has 1 aromatic carbocycles. The van der Waals surface area contributed by atoms with Gasteiger partial charge in [-0.2, -0.15) is 13.2 Å². The fourth-order valence-corrected chi connectivity index (χ4v) is 4.23. The molecule has 0 aliphatic carbocycles. The van der Waals surface area contributed by atoms with Gasteiger partial charge in [0.25, 0.3) is 9.84 Å². The van der Waals surface area contributed by atoms with E-state index in [1.165, 1.54) is 10.8 Å². The van der Waals surface area contributed by atoms with E-state index >= 15 is 0 Å². The van der Waals surface area contributed by atoms with Crippen LogP contribution >= 0.6 is 0 Å². The number of rotatable bonds is 5. The largest absolute Gasteiger partial charge is 0.501 e. The number of aromatic nitrogens is 3. The Bertz CT molecular complexity index is 1310. The summed E-state index contributed by atoms with van der Waals surface area (Å²) in [5, 5.41) is 10.3. The molecule has 1 N–H and O–H groups in total. The first-order valence-corrected chi connectivity index (χ1v) is 11.3. The molecule has 33 heavy (non-hydrogen) atoms. The molecule has 3 aromatic rings. The normalized spacial score (nSPS) is 15.1. The zero-order valence-electron chi connectivity index (χ0n) is 17.1. The van der Waals surface area contributed by atoms with Crippen molar-refractivity contribution in [3.63, 3.8) is 0 Å². The van der Waals surface area contributed by atoms with E-state index in [2.05, 4.69) is 9.88 Å². The van der Waals surface area contributed by atoms with Crippen LogP contribution in [0.1, 0.15) is 5.56 Å². The van der Waals surface area contributed by atoms with Crippen LogP contribution in [0.5, 0.6) is 5.88 Å². The summed E-state index contributed by atoms with van der Waals surface area (Å²) in [4.78, 5) is 18.3. The monoisotopic (exact) mass is 484 g/mol. The molecule has 0 saturated carbocycles. The third-order valence-corrected chi connectivity index (χ3v) is 6.65. The number of nitrogens with zero attached hydrogens (tertiary/aromatic N) is 4. The van der Waals surface area contributed by atoms with Crippen molar-refractivity contribution in [3.05, 3.63) is 64.8 Å². The molecule has 0 unspecified atom stereocenters. The molecule has 3 heterocycles.